The van der Waals surface area contributed by atoms with Crippen molar-refractivity contribution < 1.29 is 22.4 Å². The van der Waals surface area contributed by atoms with Crippen LogP contribution in [0.3, 0.4) is 0 Å². The Hall–Kier alpha value is 0.560. The van der Waals surface area contributed by atoms with Crippen molar-refractivity contribution in [3.05, 3.63) is 9.81 Å². The second-order valence-corrected chi connectivity index (χ2v) is 5.94. The van der Waals surface area contributed by atoms with Crippen LogP contribution < -0.4 is 0 Å². The summed E-state index contributed by atoms with van der Waals surface area (Å²) in [6, 6.07) is 3.17. The molecule has 0 heterocycles. The predicted octanol–water partition coefficient (Wildman–Crippen LogP) is 2.60. The Labute approximate surface area is 166 Å². The van der Waals surface area contributed by atoms with Crippen molar-refractivity contribution in [1.29, 1.82) is 10.5 Å². The van der Waals surface area contributed by atoms with Crippen LogP contribution >= 0.6 is 0 Å². The monoisotopic (exact) mass is 542 g/mol. The van der Waals surface area contributed by atoms with Crippen molar-refractivity contribution in [2.45, 2.75) is 44.2 Å². The summed E-state index contributed by atoms with van der Waals surface area (Å²) in [6.07, 6.45) is 4.88. The van der Waals surface area contributed by atoms with E-state index in [2.05, 4.69) is 44.0 Å². The van der Waals surface area contributed by atoms with E-state index < -0.39 is 0 Å². The molecule has 0 aliphatic heterocycles. The van der Waals surface area contributed by atoms with Crippen molar-refractivity contribution in [2.24, 2.45) is 0 Å². The molecule has 8 heteroatoms. The Morgan fingerprint density at radius 1 is 0.952 bits per heavy atom. The molecular weight excluding hydrogens is 523 g/mol. The molecule has 0 aromatic carbocycles. The van der Waals surface area contributed by atoms with E-state index in [9.17, 15) is 0 Å². The predicted molar refractivity (Wildman–Crippen MR) is 92.9 cm³/mol. The van der Waals surface area contributed by atoms with Gasteiger partial charge in [0.15, 0.2) is 0 Å². The fourth-order valence-electron chi connectivity index (χ4n) is 1.15. The summed E-state index contributed by atoms with van der Waals surface area (Å²) in [5, 5.41) is 16.0. The largest absolute Gasteiger partial charge is 0.800 e. The van der Waals surface area contributed by atoms with Crippen LogP contribution in [0.2, 0.25) is 0 Å². The van der Waals surface area contributed by atoms with Crippen LogP contribution in [0.5, 0.6) is 0 Å². The molecule has 0 aromatic heterocycles. The quantitative estimate of drug-likeness (QED) is 0.279. The Bertz CT molecular complexity index is 331. The van der Waals surface area contributed by atoms with Gasteiger partial charge < -0.3 is 55.4 Å². The van der Waals surface area contributed by atoms with E-state index in [0.717, 1.165) is 13.1 Å². The van der Waals surface area contributed by atoms with Crippen molar-refractivity contribution in [3.63, 3.8) is 0 Å². The van der Waals surface area contributed by atoms with E-state index in [-0.39, 0.29) is 36.9 Å². The molecule has 0 rings (SSSR count). The fraction of sp³-hybridized carbons (Fsp3) is 0.692. The first-order valence-electron chi connectivity index (χ1n) is 6.38. The zero-order chi connectivity index (χ0) is 16.0. The number of hydrogen-bond donors (Lipinski definition) is 0. The average Bonchev–Trinajstić information content (AvgIpc) is 2.45. The molecule has 0 saturated carbocycles. The molecule has 0 atom stereocenters. The molecule has 3 nitrogen and oxygen atoms in total. The van der Waals surface area contributed by atoms with E-state index >= 15 is 0 Å². The van der Waals surface area contributed by atoms with Crippen molar-refractivity contribution in [2.75, 3.05) is 13.1 Å². The number of unbranched alkanes of at least 4 members (excludes halogenated alkanes) is 2. The molecule has 0 saturated heterocycles. The SMILES string of the molecule is CCCCN(CCCC)C([S-])[S-].N#CC([S-])=C([S-])C#N.[Au]. The van der Waals surface area contributed by atoms with Gasteiger partial charge in [0.1, 0.15) is 0 Å². The summed E-state index contributed by atoms with van der Waals surface area (Å²) in [4.78, 5) is 2.00. The van der Waals surface area contributed by atoms with Gasteiger partial charge in [0.05, 0.1) is 12.1 Å². The van der Waals surface area contributed by atoms with Crippen LogP contribution in [0.4, 0.5) is 0 Å². The first kappa shape index (κ1) is 26.5. The second-order valence-electron chi connectivity index (χ2n) is 3.93. The van der Waals surface area contributed by atoms with E-state index in [1.54, 1.807) is 12.1 Å². The molecular formula is C13H19AuN3S4-4. The summed E-state index contributed by atoms with van der Waals surface area (Å²) in [7, 11) is 0. The summed E-state index contributed by atoms with van der Waals surface area (Å²) in [6.45, 7) is 6.54. The topological polar surface area (TPSA) is 50.8 Å². The molecule has 0 aromatic rings. The van der Waals surface area contributed by atoms with Gasteiger partial charge in [-0.2, -0.15) is 10.5 Å². The Morgan fingerprint density at radius 2 is 1.29 bits per heavy atom. The van der Waals surface area contributed by atoms with Crippen molar-refractivity contribution >= 4 is 50.5 Å². The van der Waals surface area contributed by atoms with Crippen LogP contribution in [0.15, 0.2) is 9.81 Å². The minimum atomic E-state index is -0.109. The minimum absolute atomic E-state index is 0. The van der Waals surface area contributed by atoms with Crippen molar-refractivity contribution in [1.82, 2.24) is 4.90 Å². The number of nitrogens with zero attached hydrogens (tertiary/aromatic N) is 3. The van der Waals surface area contributed by atoms with Gasteiger partial charge in [-0.25, -0.2) is 4.71 Å². The third-order valence-electron chi connectivity index (χ3n) is 2.31. The molecule has 125 valence electrons. The molecule has 0 aliphatic carbocycles. The van der Waals surface area contributed by atoms with Crippen LogP contribution in [-0.2, 0) is 72.9 Å². The summed E-state index contributed by atoms with van der Waals surface area (Å²) in [5.74, 6) is 0. The van der Waals surface area contributed by atoms with E-state index in [4.69, 9.17) is 35.8 Å². The molecule has 0 aliphatic rings. The summed E-state index contributed by atoms with van der Waals surface area (Å²) in [5.41, 5.74) is 0. The minimum Gasteiger partial charge on any atom is -0.800 e. The van der Waals surface area contributed by atoms with E-state index in [1.165, 1.54) is 25.7 Å². The Kier molecular flexibility index (Phi) is 23.4. The van der Waals surface area contributed by atoms with Gasteiger partial charge in [-0.15, -0.1) is 9.81 Å². The number of hydrogen-bond acceptors (Lipinski definition) is 7. The van der Waals surface area contributed by atoms with Crippen LogP contribution in [0, 0.1) is 22.7 Å². The fourth-order valence-corrected chi connectivity index (χ4v) is 1.66. The Morgan fingerprint density at radius 3 is 1.48 bits per heavy atom. The zero-order valence-corrected chi connectivity index (χ0v) is 17.5. The average molecular weight is 543 g/mol. The van der Waals surface area contributed by atoms with E-state index in [0.29, 0.717) is 0 Å². The number of allylic oxidation sites excluding steroid dienone is 2. The van der Waals surface area contributed by atoms with Crippen LogP contribution in [0.25, 0.3) is 0 Å². The molecule has 0 fully saturated rings. The van der Waals surface area contributed by atoms with Gasteiger partial charge in [0.2, 0.25) is 0 Å². The van der Waals surface area contributed by atoms with Crippen molar-refractivity contribution in [3.8, 4) is 12.1 Å². The van der Waals surface area contributed by atoms with Gasteiger partial charge in [0, 0.05) is 22.4 Å². The van der Waals surface area contributed by atoms with Gasteiger partial charge in [0.25, 0.3) is 0 Å². The van der Waals surface area contributed by atoms with E-state index in [1.807, 2.05) is 0 Å². The molecule has 0 bridgehead atoms. The number of nitriles is 2. The Balaban J connectivity index is -0.000000317. The van der Waals surface area contributed by atoms with Gasteiger partial charge in [-0.1, -0.05) is 26.7 Å². The van der Waals surface area contributed by atoms with Crippen LogP contribution in [-0.4, -0.2) is 22.7 Å². The maximum absolute atomic E-state index is 8.01. The zero-order valence-electron chi connectivity index (χ0n) is 12.1. The second kappa shape index (κ2) is 18.6. The third-order valence-corrected chi connectivity index (χ3v) is 3.62. The van der Waals surface area contributed by atoms with Gasteiger partial charge >= 0.3 is 0 Å². The molecule has 21 heavy (non-hydrogen) atoms. The molecule has 0 unspecified atom stereocenters. The molecule has 0 spiro atoms. The molecule has 1 radical (unpaired) electrons. The summed E-state index contributed by atoms with van der Waals surface area (Å²) >= 11 is 18.8. The summed E-state index contributed by atoms with van der Waals surface area (Å²) < 4.78 is -0.108. The van der Waals surface area contributed by atoms with Crippen LogP contribution in [0.1, 0.15) is 39.5 Å². The first-order valence-corrected chi connectivity index (χ1v) is 8.14. The maximum Gasteiger partial charge on any atom is 0.0694 e. The van der Waals surface area contributed by atoms with Gasteiger partial charge in [-0.05, 0) is 25.9 Å². The third kappa shape index (κ3) is 16.8. The standard InChI is InChI=1S/C9H21NS2.C4H2N2S2.Au/c1-3-5-7-10(9(11)12)8-6-4-2;5-1-3(7)4(8)2-6;/h9,11-12H,3-8H2,1-2H3;7-8H;/p-4. The number of rotatable bonds is 7. The normalized spacial score (nSPS) is 10.7. The molecule has 0 amide bonds. The van der Waals surface area contributed by atoms with Gasteiger partial charge in [-0.3, -0.25) is 0 Å². The maximum atomic E-state index is 8.01. The molecule has 0 N–H and O–H groups in total. The first-order chi connectivity index (χ1) is 9.44. The smallest absolute Gasteiger partial charge is 0.0694 e.